The molecule has 0 aromatic carbocycles. The van der Waals surface area contributed by atoms with Gasteiger partial charge in [-0.1, -0.05) is 6.42 Å². The molecule has 5 heteroatoms. The minimum absolute atomic E-state index is 0.0889. The summed E-state index contributed by atoms with van der Waals surface area (Å²) >= 11 is 0. The number of aromatic nitrogens is 2. The molecule has 1 unspecified atom stereocenters. The Kier molecular flexibility index (Phi) is 4.96. The molecule has 1 atom stereocenters. The van der Waals surface area contributed by atoms with Crippen molar-refractivity contribution in [1.29, 1.82) is 0 Å². The molecule has 2 aromatic rings. The van der Waals surface area contributed by atoms with Crippen LogP contribution in [0.4, 0.5) is 0 Å². The van der Waals surface area contributed by atoms with Crippen LogP contribution in [0.5, 0.6) is 0 Å². The van der Waals surface area contributed by atoms with Crippen molar-refractivity contribution >= 4 is 16.9 Å². The maximum atomic E-state index is 12.2. The van der Waals surface area contributed by atoms with E-state index in [-0.39, 0.29) is 5.91 Å². The molecule has 0 saturated carbocycles. The lowest BCUT2D eigenvalue weighted by molar-refractivity contribution is -0.120. The third-order valence-electron chi connectivity index (χ3n) is 4.83. The lowest BCUT2D eigenvalue weighted by Crippen LogP contribution is -2.42. The molecule has 2 aromatic heterocycles. The minimum Gasteiger partial charge on any atom is -0.355 e. The van der Waals surface area contributed by atoms with Crippen molar-refractivity contribution in [2.45, 2.75) is 38.6 Å². The van der Waals surface area contributed by atoms with Gasteiger partial charge in [-0.15, -0.1) is 0 Å². The van der Waals surface area contributed by atoms with Gasteiger partial charge < -0.3 is 9.88 Å². The first-order valence-corrected chi connectivity index (χ1v) is 8.55. The number of nitrogens with one attached hydrogen (secondary N) is 1. The molecule has 3 rings (SSSR count). The third-order valence-corrected chi connectivity index (χ3v) is 4.83. The van der Waals surface area contributed by atoms with Gasteiger partial charge in [0.1, 0.15) is 5.65 Å². The quantitative estimate of drug-likeness (QED) is 0.919. The molecule has 0 bridgehead atoms. The van der Waals surface area contributed by atoms with Crippen LogP contribution < -0.4 is 5.32 Å². The number of carbonyl (C=O) groups excluding carboxylic acids is 1. The largest absolute Gasteiger partial charge is 0.355 e. The molecule has 23 heavy (non-hydrogen) atoms. The number of likely N-dealkylation sites (tertiary alicyclic amines) is 1. The first-order chi connectivity index (χ1) is 11.1. The van der Waals surface area contributed by atoms with E-state index in [4.69, 9.17) is 0 Å². The number of hydrogen-bond donors (Lipinski definition) is 1. The number of aryl methyl sites for hydroxylation is 1. The lowest BCUT2D eigenvalue weighted by atomic mass is 10.0. The minimum atomic E-state index is 0.0889. The predicted octanol–water partition coefficient (Wildman–Crippen LogP) is 2.11. The maximum Gasteiger partial charge on any atom is 0.224 e. The smallest absolute Gasteiger partial charge is 0.224 e. The number of pyridine rings is 1. The van der Waals surface area contributed by atoms with Gasteiger partial charge in [-0.05, 0) is 44.0 Å². The molecule has 5 nitrogen and oxygen atoms in total. The van der Waals surface area contributed by atoms with Gasteiger partial charge in [0.25, 0.3) is 0 Å². The Hall–Kier alpha value is -1.88. The first-order valence-electron chi connectivity index (χ1n) is 8.55. The molecule has 0 spiro atoms. The fourth-order valence-electron chi connectivity index (χ4n) is 3.50. The Bertz CT molecular complexity index is 679. The molecule has 0 radical (unpaired) electrons. The first kappa shape index (κ1) is 16.0. The van der Waals surface area contributed by atoms with E-state index >= 15 is 0 Å². The summed E-state index contributed by atoms with van der Waals surface area (Å²) in [4.78, 5) is 19.1. The van der Waals surface area contributed by atoms with E-state index in [0.29, 0.717) is 12.5 Å². The molecule has 1 aliphatic rings. The second kappa shape index (κ2) is 7.13. The van der Waals surface area contributed by atoms with Gasteiger partial charge in [-0.25, -0.2) is 4.98 Å². The fraction of sp³-hybridized carbons (Fsp3) is 0.556. The number of rotatable bonds is 5. The standard InChI is InChI=1S/C18H26N4O/c1-14-6-3-4-10-22(14)11-9-19-17(23)12-15-13-21(2)18-16(15)7-5-8-20-18/h5,7-8,13-14H,3-4,6,9-12H2,1-2H3,(H,19,23). The van der Waals surface area contributed by atoms with Crippen LogP contribution in [0.25, 0.3) is 11.0 Å². The highest BCUT2D eigenvalue weighted by Crippen LogP contribution is 2.18. The van der Waals surface area contributed by atoms with E-state index < -0.39 is 0 Å². The zero-order valence-corrected chi connectivity index (χ0v) is 14.1. The molecule has 3 heterocycles. The molecule has 0 aliphatic carbocycles. The summed E-state index contributed by atoms with van der Waals surface area (Å²) in [5.74, 6) is 0.0889. The normalized spacial score (nSPS) is 19.1. The van der Waals surface area contributed by atoms with Gasteiger partial charge in [0.2, 0.25) is 5.91 Å². The molecule has 1 aliphatic heterocycles. The molecular weight excluding hydrogens is 288 g/mol. The van der Waals surface area contributed by atoms with Crippen molar-refractivity contribution in [1.82, 2.24) is 19.8 Å². The van der Waals surface area contributed by atoms with Crippen LogP contribution in [-0.2, 0) is 18.3 Å². The summed E-state index contributed by atoms with van der Waals surface area (Å²) in [7, 11) is 1.97. The highest BCUT2D eigenvalue weighted by Gasteiger charge is 2.17. The van der Waals surface area contributed by atoms with Crippen molar-refractivity contribution in [2.75, 3.05) is 19.6 Å². The van der Waals surface area contributed by atoms with Crippen LogP contribution in [0.2, 0.25) is 0 Å². The van der Waals surface area contributed by atoms with Gasteiger partial charge in [0.05, 0.1) is 6.42 Å². The number of fused-ring (bicyclic) bond motifs is 1. The number of hydrogen-bond acceptors (Lipinski definition) is 3. The Morgan fingerprint density at radius 1 is 1.43 bits per heavy atom. The van der Waals surface area contributed by atoms with Crippen LogP contribution in [0.1, 0.15) is 31.7 Å². The summed E-state index contributed by atoms with van der Waals surface area (Å²) in [6.45, 7) is 5.12. The second-order valence-electron chi connectivity index (χ2n) is 6.55. The van der Waals surface area contributed by atoms with Gasteiger partial charge in [0.15, 0.2) is 0 Å². The van der Waals surface area contributed by atoms with Crippen LogP contribution in [0, 0.1) is 0 Å². The molecule has 1 saturated heterocycles. The van der Waals surface area contributed by atoms with Crippen LogP contribution in [0.15, 0.2) is 24.5 Å². The topological polar surface area (TPSA) is 50.2 Å². The average molecular weight is 314 g/mol. The number of amides is 1. The summed E-state index contributed by atoms with van der Waals surface area (Å²) in [6.07, 6.45) is 8.09. The summed E-state index contributed by atoms with van der Waals surface area (Å²) in [6, 6.07) is 4.59. The molecule has 124 valence electrons. The molecule has 1 N–H and O–H groups in total. The van der Waals surface area contributed by atoms with Gasteiger partial charge in [-0.2, -0.15) is 0 Å². The lowest BCUT2D eigenvalue weighted by Gasteiger charge is -2.33. The Balaban J connectivity index is 1.53. The molecular formula is C18H26N4O. The van der Waals surface area contributed by atoms with Gasteiger partial charge >= 0.3 is 0 Å². The zero-order chi connectivity index (χ0) is 16.2. The number of nitrogens with zero attached hydrogens (tertiary/aromatic N) is 3. The van der Waals surface area contributed by atoms with E-state index in [1.54, 1.807) is 6.20 Å². The van der Waals surface area contributed by atoms with Crippen molar-refractivity contribution in [3.8, 4) is 0 Å². The monoisotopic (exact) mass is 314 g/mol. The van der Waals surface area contributed by atoms with E-state index in [9.17, 15) is 4.79 Å². The van der Waals surface area contributed by atoms with E-state index in [2.05, 4.69) is 22.1 Å². The van der Waals surface area contributed by atoms with Crippen molar-refractivity contribution in [3.05, 3.63) is 30.1 Å². The molecule has 1 fully saturated rings. The number of carbonyl (C=O) groups is 1. The average Bonchev–Trinajstić information content (AvgIpc) is 2.86. The van der Waals surface area contributed by atoms with Gasteiger partial charge in [-0.3, -0.25) is 9.69 Å². The van der Waals surface area contributed by atoms with Crippen LogP contribution in [0.3, 0.4) is 0 Å². The van der Waals surface area contributed by atoms with E-state index in [1.165, 1.54) is 19.3 Å². The Morgan fingerprint density at radius 3 is 3.13 bits per heavy atom. The summed E-state index contributed by atoms with van der Waals surface area (Å²) in [5.41, 5.74) is 1.97. The molecule has 1 amide bonds. The summed E-state index contributed by atoms with van der Waals surface area (Å²) < 4.78 is 1.98. The zero-order valence-electron chi connectivity index (χ0n) is 14.1. The number of piperidine rings is 1. The third kappa shape index (κ3) is 3.72. The van der Waals surface area contributed by atoms with Crippen molar-refractivity contribution in [3.63, 3.8) is 0 Å². The van der Waals surface area contributed by atoms with Gasteiger partial charge in [0, 0.05) is 44.0 Å². The van der Waals surface area contributed by atoms with Crippen LogP contribution >= 0.6 is 0 Å². The Morgan fingerprint density at radius 2 is 2.30 bits per heavy atom. The highest BCUT2D eigenvalue weighted by molar-refractivity contribution is 5.87. The predicted molar refractivity (Wildman–Crippen MR) is 92.3 cm³/mol. The van der Waals surface area contributed by atoms with Crippen molar-refractivity contribution in [2.24, 2.45) is 7.05 Å². The van der Waals surface area contributed by atoms with E-state index in [1.807, 2.05) is 29.9 Å². The Labute approximate surface area is 137 Å². The SMILES string of the molecule is CC1CCCCN1CCNC(=O)Cc1cn(C)c2ncccc12. The fourth-order valence-corrected chi connectivity index (χ4v) is 3.50. The highest BCUT2D eigenvalue weighted by atomic mass is 16.1. The van der Waals surface area contributed by atoms with E-state index in [0.717, 1.165) is 36.2 Å². The maximum absolute atomic E-state index is 12.2. The van der Waals surface area contributed by atoms with Crippen molar-refractivity contribution < 1.29 is 4.79 Å². The summed E-state index contributed by atoms with van der Waals surface area (Å²) in [5, 5.41) is 4.13. The van der Waals surface area contributed by atoms with Crippen LogP contribution in [-0.4, -0.2) is 46.0 Å². The second-order valence-corrected chi connectivity index (χ2v) is 6.55.